The van der Waals surface area contributed by atoms with Gasteiger partial charge in [-0.15, -0.1) is 0 Å². The number of aromatic nitrogens is 1. The van der Waals surface area contributed by atoms with Crippen molar-refractivity contribution in [3.63, 3.8) is 0 Å². The topological polar surface area (TPSA) is 56.9 Å². The summed E-state index contributed by atoms with van der Waals surface area (Å²) in [6, 6.07) is 8.89. The number of likely N-dealkylation sites (tertiary alicyclic amines) is 1. The zero-order valence-corrected chi connectivity index (χ0v) is 17.6. The fraction of sp³-hybridized carbons (Fsp3) is 0.545. The number of benzene rings is 1. The molecular formula is C22H33N5O. The Bertz CT molecular complexity index is 763. The van der Waals surface area contributed by atoms with E-state index in [1.165, 1.54) is 12.0 Å². The zero-order valence-electron chi connectivity index (χ0n) is 17.6. The molecule has 1 saturated heterocycles. The number of nitrogens with zero attached hydrogens (tertiary/aromatic N) is 4. The molecule has 0 radical (unpaired) electrons. The van der Waals surface area contributed by atoms with Crippen LogP contribution >= 0.6 is 0 Å². The van der Waals surface area contributed by atoms with Crippen LogP contribution < -0.4 is 5.32 Å². The maximum atomic E-state index is 5.92. The van der Waals surface area contributed by atoms with Crippen LogP contribution in [0.15, 0.2) is 39.9 Å². The third kappa shape index (κ3) is 4.93. The van der Waals surface area contributed by atoms with Gasteiger partial charge in [0.05, 0.1) is 6.20 Å². The van der Waals surface area contributed by atoms with E-state index in [1.807, 2.05) is 0 Å². The first-order chi connectivity index (χ1) is 13.6. The lowest BCUT2D eigenvalue weighted by atomic mass is 10.1. The fourth-order valence-electron chi connectivity index (χ4n) is 3.78. The van der Waals surface area contributed by atoms with Crippen LogP contribution in [0.3, 0.4) is 0 Å². The highest BCUT2D eigenvalue weighted by atomic mass is 16.4. The molecule has 6 heteroatoms. The SMILES string of the molecule is CCNC(=NCc1ncc(-c2ccc(C)cc2)o1)N1CCC(N(CC)CC)C1. The smallest absolute Gasteiger partial charge is 0.216 e. The molecule has 0 spiro atoms. The predicted molar refractivity (Wildman–Crippen MR) is 114 cm³/mol. The average Bonchev–Trinajstić information content (AvgIpc) is 3.37. The van der Waals surface area contributed by atoms with E-state index in [-0.39, 0.29) is 0 Å². The van der Waals surface area contributed by atoms with E-state index >= 15 is 0 Å². The summed E-state index contributed by atoms with van der Waals surface area (Å²) in [5.74, 6) is 2.38. The van der Waals surface area contributed by atoms with E-state index < -0.39 is 0 Å². The molecule has 1 unspecified atom stereocenters. The van der Waals surface area contributed by atoms with Crippen molar-refractivity contribution in [2.45, 2.75) is 46.7 Å². The van der Waals surface area contributed by atoms with Crippen molar-refractivity contribution in [3.8, 4) is 11.3 Å². The van der Waals surface area contributed by atoms with Crippen molar-refractivity contribution in [1.29, 1.82) is 0 Å². The molecule has 0 saturated carbocycles. The molecule has 28 heavy (non-hydrogen) atoms. The first kappa shape index (κ1) is 20.4. The Morgan fingerprint density at radius 1 is 1.25 bits per heavy atom. The Balaban J connectivity index is 1.66. The molecule has 1 aromatic carbocycles. The summed E-state index contributed by atoms with van der Waals surface area (Å²) in [5.41, 5.74) is 2.28. The molecule has 1 fully saturated rings. The third-order valence-electron chi connectivity index (χ3n) is 5.38. The molecule has 2 heterocycles. The lowest BCUT2D eigenvalue weighted by Crippen LogP contribution is -2.43. The van der Waals surface area contributed by atoms with Gasteiger partial charge in [-0.1, -0.05) is 43.7 Å². The van der Waals surface area contributed by atoms with E-state index in [9.17, 15) is 0 Å². The minimum Gasteiger partial charge on any atom is -0.439 e. The maximum absolute atomic E-state index is 5.92. The van der Waals surface area contributed by atoms with Gasteiger partial charge < -0.3 is 14.6 Å². The molecule has 1 aliphatic heterocycles. The van der Waals surface area contributed by atoms with E-state index in [1.54, 1.807) is 6.20 Å². The Labute approximate surface area is 168 Å². The van der Waals surface area contributed by atoms with Crippen LogP contribution in [0.2, 0.25) is 0 Å². The fourth-order valence-corrected chi connectivity index (χ4v) is 3.78. The van der Waals surface area contributed by atoms with Gasteiger partial charge >= 0.3 is 0 Å². The third-order valence-corrected chi connectivity index (χ3v) is 5.38. The number of hydrogen-bond acceptors (Lipinski definition) is 4. The molecule has 152 valence electrons. The lowest BCUT2D eigenvalue weighted by molar-refractivity contribution is 0.223. The molecule has 0 amide bonds. The quantitative estimate of drug-likeness (QED) is 0.585. The molecule has 1 atom stereocenters. The number of oxazole rings is 1. The van der Waals surface area contributed by atoms with Gasteiger partial charge in [0.15, 0.2) is 11.7 Å². The summed E-state index contributed by atoms with van der Waals surface area (Å²) in [4.78, 5) is 14.1. The van der Waals surface area contributed by atoms with E-state index in [4.69, 9.17) is 9.41 Å². The van der Waals surface area contributed by atoms with E-state index in [2.05, 4.69) is 72.1 Å². The van der Waals surface area contributed by atoms with Crippen LogP contribution in [0.25, 0.3) is 11.3 Å². The average molecular weight is 384 g/mol. The largest absolute Gasteiger partial charge is 0.439 e. The molecule has 0 bridgehead atoms. The standard InChI is InChI=1S/C22H33N5O/c1-5-23-22(27-13-12-19(16-27)26(6-2)7-3)25-15-21-24-14-20(28-21)18-10-8-17(4)9-11-18/h8-11,14,19H,5-7,12-13,15-16H2,1-4H3,(H,23,25). The van der Waals surface area contributed by atoms with Crippen molar-refractivity contribution in [2.24, 2.45) is 4.99 Å². The highest BCUT2D eigenvalue weighted by Gasteiger charge is 2.28. The predicted octanol–water partition coefficient (Wildman–Crippen LogP) is 3.53. The van der Waals surface area contributed by atoms with Crippen molar-refractivity contribution in [3.05, 3.63) is 41.9 Å². The summed E-state index contributed by atoms with van der Waals surface area (Å²) in [6.07, 6.45) is 2.97. The summed E-state index contributed by atoms with van der Waals surface area (Å²) >= 11 is 0. The van der Waals surface area contributed by atoms with E-state index in [0.717, 1.165) is 50.0 Å². The molecule has 2 aromatic rings. The minimum absolute atomic E-state index is 0.445. The van der Waals surface area contributed by atoms with Crippen LogP contribution in [-0.4, -0.2) is 59.5 Å². The molecule has 0 aliphatic carbocycles. The highest BCUT2D eigenvalue weighted by molar-refractivity contribution is 5.80. The molecule has 1 aliphatic rings. The Kier molecular flexibility index (Phi) is 7.09. The number of rotatable bonds is 7. The van der Waals surface area contributed by atoms with Gasteiger partial charge in [-0.05, 0) is 33.4 Å². The number of aryl methyl sites for hydroxylation is 1. The van der Waals surface area contributed by atoms with Crippen molar-refractivity contribution < 1.29 is 4.42 Å². The second-order valence-corrected chi connectivity index (χ2v) is 7.26. The van der Waals surface area contributed by atoms with Gasteiger partial charge in [0.1, 0.15) is 6.54 Å². The summed E-state index contributed by atoms with van der Waals surface area (Å²) in [6.45, 7) is 14.2. The van der Waals surface area contributed by atoms with Gasteiger partial charge in [0.2, 0.25) is 5.89 Å². The van der Waals surface area contributed by atoms with Gasteiger partial charge in [0, 0.05) is 31.2 Å². The molecular weight excluding hydrogens is 350 g/mol. The zero-order chi connectivity index (χ0) is 19.9. The highest BCUT2D eigenvalue weighted by Crippen LogP contribution is 2.21. The normalized spacial score (nSPS) is 17.5. The molecule has 3 rings (SSSR count). The molecule has 6 nitrogen and oxygen atoms in total. The monoisotopic (exact) mass is 383 g/mol. The Morgan fingerprint density at radius 3 is 2.68 bits per heavy atom. The Hall–Kier alpha value is -2.34. The number of hydrogen-bond donors (Lipinski definition) is 1. The van der Waals surface area contributed by atoms with Crippen LogP contribution in [0.5, 0.6) is 0 Å². The first-order valence-electron chi connectivity index (χ1n) is 10.4. The molecule has 1 N–H and O–H groups in total. The van der Waals surface area contributed by atoms with Gasteiger partial charge in [-0.2, -0.15) is 0 Å². The van der Waals surface area contributed by atoms with Crippen molar-refractivity contribution in [1.82, 2.24) is 20.1 Å². The summed E-state index contributed by atoms with van der Waals surface area (Å²) in [7, 11) is 0. The number of likely N-dealkylation sites (N-methyl/N-ethyl adjacent to an activating group) is 1. The van der Waals surface area contributed by atoms with Crippen LogP contribution in [-0.2, 0) is 6.54 Å². The number of aliphatic imine (C=N–C) groups is 1. The second kappa shape index (κ2) is 9.73. The Morgan fingerprint density at radius 2 is 2.00 bits per heavy atom. The van der Waals surface area contributed by atoms with Crippen LogP contribution in [0.1, 0.15) is 38.6 Å². The summed E-state index contributed by atoms with van der Waals surface area (Å²) < 4.78 is 5.92. The van der Waals surface area contributed by atoms with Gasteiger partial charge in [-0.3, -0.25) is 4.90 Å². The second-order valence-electron chi connectivity index (χ2n) is 7.26. The summed E-state index contributed by atoms with van der Waals surface area (Å²) in [5, 5.41) is 3.42. The van der Waals surface area contributed by atoms with Crippen LogP contribution in [0.4, 0.5) is 0 Å². The first-order valence-corrected chi connectivity index (χ1v) is 10.4. The maximum Gasteiger partial charge on any atom is 0.216 e. The number of guanidine groups is 1. The van der Waals surface area contributed by atoms with Crippen molar-refractivity contribution in [2.75, 3.05) is 32.7 Å². The van der Waals surface area contributed by atoms with Gasteiger partial charge in [0.25, 0.3) is 0 Å². The lowest BCUT2D eigenvalue weighted by Gasteiger charge is -2.27. The molecule has 1 aromatic heterocycles. The minimum atomic E-state index is 0.445. The van der Waals surface area contributed by atoms with Crippen molar-refractivity contribution >= 4 is 5.96 Å². The number of nitrogens with one attached hydrogen (secondary N) is 1. The van der Waals surface area contributed by atoms with Crippen LogP contribution in [0, 0.1) is 6.92 Å². The van der Waals surface area contributed by atoms with Gasteiger partial charge in [-0.25, -0.2) is 9.98 Å². The van der Waals surface area contributed by atoms with E-state index in [0.29, 0.717) is 18.5 Å².